The second kappa shape index (κ2) is 10.5. The first-order valence-electron chi connectivity index (χ1n) is 10.9. The Kier molecular flexibility index (Phi) is 7.26. The molecule has 3 aromatic rings. The number of rotatable bonds is 6. The molecule has 2 N–H and O–H groups in total. The van der Waals surface area contributed by atoms with Crippen LogP contribution >= 0.6 is 15.9 Å². The SMILES string of the molecule is CCOC(=O)c1ccc(NC(=O)C[C@H]2C(=O)Nc3ccccc3N2C(=O)c2ccc(Br)cc2)cc1. The van der Waals surface area contributed by atoms with Crippen LogP contribution in [0, 0.1) is 0 Å². The van der Waals surface area contributed by atoms with Crippen LogP contribution in [0.5, 0.6) is 0 Å². The molecular weight excluding hydrogens is 514 g/mol. The third kappa shape index (κ3) is 5.41. The van der Waals surface area contributed by atoms with Crippen molar-refractivity contribution < 1.29 is 23.9 Å². The fourth-order valence-electron chi connectivity index (χ4n) is 3.75. The minimum absolute atomic E-state index is 0.262. The molecule has 0 aliphatic carbocycles. The van der Waals surface area contributed by atoms with Gasteiger partial charge in [-0.2, -0.15) is 0 Å². The van der Waals surface area contributed by atoms with Crippen molar-refractivity contribution in [2.45, 2.75) is 19.4 Å². The maximum Gasteiger partial charge on any atom is 0.338 e. The fourth-order valence-corrected chi connectivity index (χ4v) is 4.01. The first-order chi connectivity index (χ1) is 16.9. The summed E-state index contributed by atoms with van der Waals surface area (Å²) >= 11 is 3.35. The topological polar surface area (TPSA) is 105 Å². The summed E-state index contributed by atoms with van der Waals surface area (Å²) in [6.07, 6.45) is -0.262. The lowest BCUT2D eigenvalue weighted by Gasteiger charge is -2.36. The number of nitrogens with zero attached hydrogens (tertiary/aromatic N) is 1. The van der Waals surface area contributed by atoms with E-state index in [4.69, 9.17) is 4.74 Å². The van der Waals surface area contributed by atoms with E-state index in [0.717, 1.165) is 4.47 Å². The van der Waals surface area contributed by atoms with E-state index in [1.54, 1.807) is 79.7 Å². The highest BCUT2D eigenvalue weighted by molar-refractivity contribution is 9.10. The van der Waals surface area contributed by atoms with Gasteiger partial charge in [-0.1, -0.05) is 28.1 Å². The van der Waals surface area contributed by atoms with Gasteiger partial charge in [0.25, 0.3) is 5.91 Å². The van der Waals surface area contributed by atoms with Crippen molar-refractivity contribution in [2.75, 3.05) is 22.1 Å². The van der Waals surface area contributed by atoms with Crippen molar-refractivity contribution in [1.82, 2.24) is 0 Å². The number of amides is 3. The van der Waals surface area contributed by atoms with E-state index in [9.17, 15) is 19.2 Å². The summed E-state index contributed by atoms with van der Waals surface area (Å²) in [5.74, 6) is -1.76. The Morgan fingerprint density at radius 2 is 1.63 bits per heavy atom. The minimum Gasteiger partial charge on any atom is -0.462 e. The predicted molar refractivity (Wildman–Crippen MR) is 135 cm³/mol. The third-order valence-electron chi connectivity index (χ3n) is 5.40. The van der Waals surface area contributed by atoms with E-state index in [0.29, 0.717) is 28.2 Å². The number of carbonyl (C=O) groups excluding carboxylic acids is 4. The predicted octanol–water partition coefficient (Wildman–Crippen LogP) is 4.62. The Balaban J connectivity index is 1.56. The molecule has 4 rings (SSSR count). The van der Waals surface area contributed by atoms with E-state index in [1.165, 1.54) is 4.90 Å². The summed E-state index contributed by atoms with van der Waals surface area (Å²) in [5, 5.41) is 5.51. The number of hydrogen-bond donors (Lipinski definition) is 2. The average molecular weight is 536 g/mol. The second-order valence-corrected chi connectivity index (χ2v) is 8.67. The van der Waals surface area contributed by atoms with Crippen molar-refractivity contribution in [1.29, 1.82) is 0 Å². The molecule has 0 fully saturated rings. The molecule has 1 aliphatic rings. The first-order valence-corrected chi connectivity index (χ1v) is 11.7. The zero-order chi connectivity index (χ0) is 24.9. The molecule has 0 saturated heterocycles. The number of halogens is 1. The first kappa shape index (κ1) is 24.2. The number of hydrogen-bond acceptors (Lipinski definition) is 5. The molecule has 178 valence electrons. The van der Waals surface area contributed by atoms with Crippen LogP contribution in [0.25, 0.3) is 0 Å². The van der Waals surface area contributed by atoms with Gasteiger partial charge >= 0.3 is 5.97 Å². The second-order valence-electron chi connectivity index (χ2n) is 7.75. The number of carbonyl (C=O) groups is 4. The molecule has 9 heteroatoms. The highest BCUT2D eigenvalue weighted by Crippen LogP contribution is 2.34. The van der Waals surface area contributed by atoms with Gasteiger partial charge in [0, 0.05) is 15.7 Å². The normalized spacial score (nSPS) is 14.5. The van der Waals surface area contributed by atoms with Crippen LogP contribution in [0.4, 0.5) is 17.1 Å². The molecule has 3 aromatic carbocycles. The molecule has 0 bridgehead atoms. The van der Waals surface area contributed by atoms with Crippen molar-refractivity contribution >= 4 is 56.7 Å². The van der Waals surface area contributed by atoms with Gasteiger partial charge in [-0.15, -0.1) is 0 Å². The van der Waals surface area contributed by atoms with Crippen LogP contribution in [0.2, 0.25) is 0 Å². The molecule has 1 aliphatic heterocycles. The lowest BCUT2D eigenvalue weighted by molar-refractivity contribution is -0.122. The quantitative estimate of drug-likeness (QED) is 0.448. The lowest BCUT2D eigenvalue weighted by atomic mass is 10.0. The van der Waals surface area contributed by atoms with Gasteiger partial charge in [0.05, 0.1) is 30.0 Å². The summed E-state index contributed by atoms with van der Waals surface area (Å²) in [6.45, 7) is 1.98. The van der Waals surface area contributed by atoms with Crippen LogP contribution < -0.4 is 15.5 Å². The molecule has 8 nitrogen and oxygen atoms in total. The van der Waals surface area contributed by atoms with Gasteiger partial charge in [0.2, 0.25) is 11.8 Å². The molecule has 0 saturated carbocycles. The number of ether oxygens (including phenoxy) is 1. The average Bonchev–Trinajstić information content (AvgIpc) is 2.85. The summed E-state index contributed by atoms with van der Waals surface area (Å²) < 4.78 is 5.77. The third-order valence-corrected chi connectivity index (χ3v) is 5.93. The molecule has 0 unspecified atom stereocenters. The number of benzene rings is 3. The molecule has 1 atom stereocenters. The van der Waals surface area contributed by atoms with E-state index in [1.807, 2.05) is 0 Å². The van der Waals surface area contributed by atoms with Crippen molar-refractivity contribution in [2.24, 2.45) is 0 Å². The van der Waals surface area contributed by atoms with E-state index in [2.05, 4.69) is 26.6 Å². The van der Waals surface area contributed by atoms with Gasteiger partial charge in [0.15, 0.2) is 0 Å². The number of esters is 1. The molecule has 0 aromatic heterocycles. The smallest absolute Gasteiger partial charge is 0.338 e. The molecule has 0 radical (unpaired) electrons. The van der Waals surface area contributed by atoms with Crippen LogP contribution in [0.15, 0.2) is 77.3 Å². The zero-order valence-corrected chi connectivity index (χ0v) is 20.4. The Hall–Kier alpha value is -3.98. The highest BCUT2D eigenvalue weighted by atomic mass is 79.9. The monoisotopic (exact) mass is 535 g/mol. The molecule has 1 heterocycles. The minimum atomic E-state index is -1.06. The summed E-state index contributed by atoms with van der Waals surface area (Å²) in [4.78, 5) is 52.5. The number of para-hydroxylation sites is 2. The fraction of sp³-hybridized carbons (Fsp3) is 0.154. The zero-order valence-electron chi connectivity index (χ0n) is 18.8. The van der Waals surface area contributed by atoms with Gasteiger partial charge in [0.1, 0.15) is 6.04 Å². The number of anilines is 3. The maximum absolute atomic E-state index is 13.5. The number of fused-ring (bicyclic) bond motifs is 1. The molecule has 0 spiro atoms. The molecule has 3 amide bonds. The van der Waals surface area contributed by atoms with Crippen LogP contribution in [-0.2, 0) is 14.3 Å². The standard InChI is InChI=1S/C26H22BrN3O5/c1-2-35-26(34)17-9-13-19(14-10-17)28-23(31)15-22-24(32)29-20-5-3-4-6-21(20)30(22)25(33)16-7-11-18(27)12-8-16/h3-14,22H,2,15H2,1H3,(H,28,31)(H,29,32)/t22-/m0/s1. The maximum atomic E-state index is 13.5. The Morgan fingerprint density at radius 1 is 0.971 bits per heavy atom. The van der Waals surface area contributed by atoms with Gasteiger partial charge < -0.3 is 15.4 Å². The van der Waals surface area contributed by atoms with Crippen molar-refractivity contribution in [3.63, 3.8) is 0 Å². The largest absolute Gasteiger partial charge is 0.462 e. The van der Waals surface area contributed by atoms with Crippen LogP contribution in [0.1, 0.15) is 34.1 Å². The van der Waals surface area contributed by atoms with Gasteiger partial charge in [-0.3, -0.25) is 19.3 Å². The Labute approximate surface area is 210 Å². The molecular formula is C26H22BrN3O5. The van der Waals surface area contributed by atoms with E-state index < -0.39 is 29.7 Å². The highest BCUT2D eigenvalue weighted by Gasteiger charge is 2.38. The summed E-state index contributed by atoms with van der Waals surface area (Å²) in [7, 11) is 0. The van der Waals surface area contributed by atoms with E-state index in [-0.39, 0.29) is 13.0 Å². The van der Waals surface area contributed by atoms with Crippen LogP contribution in [0.3, 0.4) is 0 Å². The number of nitrogens with one attached hydrogen (secondary N) is 2. The van der Waals surface area contributed by atoms with E-state index >= 15 is 0 Å². The Morgan fingerprint density at radius 3 is 2.31 bits per heavy atom. The van der Waals surface area contributed by atoms with Crippen LogP contribution in [-0.4, -0.2) is 36.3 Å². The summed E-state index contributed by atoms with van der Waals surface area (Å²) in [6, 6.07) is 18.9. The molecule has 35 heavy (non-hydrogen) atoms. The Bertz CT molecular complexity index is 1270. The lowest BCUT2D eigenvalue weighted by Crippen LogP contribution is -2.52. The van der Waals surface area contributed by atoms with Gasteiger partial charge in [-0.25, -0.2) is 4.79 Å². The van der Waals surface area contributed by atoms with Gasteiger partial charge in [-0.05, 0) is 67.6 Å². The van der Waals surface area contributed by atoms with Crippen molar-refractivity contribution in [3.05, 3.63) is 88.4 Å². The summed E-state index contributed by atoms with van der Waals surface area (Å²) in [5.41, 5.74) is 2.20. The van der Waals surface area contributed by atoms with Crippen molar-refractivity contribution in [3.8, 4) is 0 Å².